The summed E-state index contributed by atoms with van der Waals surface area (Å²) < 4.78 is 22.3. The van der Waals surface area contributed by atoms with Crippen LogP contribution < -0.4 is 20.2 Å². The predicted molar refractivity (Wildman–Crippen MR) is 135 cm³/mol. The van der Waals surface area contributed by atoms with Gasteiger partial charge in [0.2, 0.25) is 17.1 Å². The molecule has 0 radical (unpaired) electrons. The second-order valence-electron chi connectivity index (χ2n) is 7.60. The van der Waals surface area contributed by atoms with Crippen LogP contribution in [0.25, 0.3) is 22.3 Å². The molecule has 1 heterocycles. The minimum atomic E-state index is -0.334. The van der Waals surface area contributed by atoms with Crippen molar-refractivity contribution in [1.82, 2.24) is 10.2 Å². The van der Waals surface area contributed by atoms with Gasteiger partial charge in [-0.1, -0.05) is 11.6 Å². The van der Waals surface area contributed by atoms with E-state index in [0.29, 0.717) is 44.9 Å². The first-order chi connectivity index (χ1) is 16.3. The number of rotatable bonds is 10. The van der Waals surface area contributed by atoms with E-state index < -0.39 is 0 Å². The van der Waals surface area contributed by atoms with Gasteiger partial charge in [-0.2, -0.15) is 0 Å². The summed E-state index contributed by atoms with van der Waals surface area (Å²) in [6, 6.07) is 8.56. The Morgan fingerprint density at radius 2 is 1.94 bits per heavy atom. The van der Waals surface area contributed by atoms with Crippen molar-refractivity contribution in [3.05, 3.63) is 55.6 Å². The van der Waals surface area contributed by atoms with E-state index in [1.165, 1.54) is 14.2 Å². The Balaban J connectivity index is 1.92. The number of amides is 1. The first-order valence-electron chi connectivity index (χ1n) is 10.4. The summed E-state index contributed by atoms with van der Waals surface area (Å²) in [5.41, 5.74) is 1.34. The van der Waals surface area contributed by atoms with E-state index in [9.17, 15) is 9.59 Å². The second kappa shape index (κ2) is 11.7. The van der Waals surface area contributed by atoms with E-state index in [1.807, 2.05) is 11.9 Å². The average molecular weight is 554 g/mol. The second-order valence-corrected chi connectivity index (χ2v) is 8.87. The van der Waals surface area contributed by atoms with Crippen LogP contribution in [-0.4, -0.2) is 58.9 Å². The molecule has 0 spiro atoms. The molecule has 0 aliphatic carbocycles. The van der Waals surface area contributed by atoms with Gasteiger partial charge in [0, 0.05) is 25.8 Å². The van der Waals surface area contributed by atoms with E-state index in [2.05, 4.69) is 21.2 Å². The molecule has 0 aliphatic heterocycles. The van der Waals surface area contributed by atoms with Gasteiger partial charge >= 0.3 is 0 Å². The van der Waals surface area contributed by atoms with Crippen LogP contribution in [0.5, 0.6) is 11.5 Å². The molecule has 8 nitrogen and oxygen atoms in total. The molecule has 0 unspecified atom stereocenters. The van der Waals surface area contributed by atoms with Crippen LogP contribution in [-0.2, 0) is 16.1 Å². The molecule has 0 saturated carbocycles. The van der Waals surface area contributed by atoms with Crippen molar-refractivity contribution in [2.24, 2.45) is 0 Å². The van der Waals surface area contributed by atoms with Crippen LogP contribution in [0, 0.1) is 0 Å². The molecular formula is C24H26BrClN2O6. The van der Waals surface area contributed by atoms with Crippen LogP contribution in [0.3, 0.4) is 0 Å². The number of ether oxygens (including phenoxy) is 3. The first-order valence-corrected chi connectivity index (χ1v) is 11.6. The number of likely N-dealkylation sites (N-methyl/N-ethyl adjacent to an activating group) is 1. The third-order valence-corrected chi connectivity index (χ3v) is 6.05. The summed E-state index contributed by atoms with van der Waals surface area (Å²) in [5.74, 6) is 0.684. The highest BCUT2D eigenvalue weighted by atomic mass is 79.9. The van der Waals surface area contributed by atoms with Crippen LogP contribution in [0.15, 0.2) is 44.0 Å². The minimum absolute atomic E-state index is 0.0570. The summed E-state index contributed by atoms with van der Waals surface area (Å²) in [6.07, 6.45) is 0. The standard InChI is InChI=1S/C24H26BrClN2O6/c1-28(7-8-31-2)13-20(29)27-12-14-9-16-21(30)24(33-4)22(34-23(16)17(25)10-14)15-5-6-19(32-3)18(26)11-15/h5-6,9-11H,7-8,12-13H2,1-4H3,(H,27,29). The van der Waals surface area contributed by atoms with E-state index in [0.717, 1.165) is 5.56 Å². The monoisotopic (exact) mass is 552 g/mol. The fourth-order valence-electron chi connectivity index (χ4n) is 3.41. The van der Waals surface area contributed by atoms with Gasteiger partial charge in [-0.05, 0) is 58.9 Å². The first kappa shape index (κ1) is 26.0. The molecule has 3 aromatic rings. The lowest BCUT2D eigenvalue weighted by atomic mass is 10.1. The molecule has 3 rings (SSSR count). The molecule has 0 bridgehead atoms. The highest BCUT2D eigenvalue weighted by Crippen LogP contribution is 2.37. The Kier molecular flexibility index (Phi) is 8.96. The lowest BCUT2D eigenvalue weighted by Crippen LogP contribution is -2.36. The Bertz CT molecular complexity index is 1250. The van der Waals surface area contributed by atoms with E-state index in [-0.39, 0.29) is 35.9 Å². The Morgan fingerprint density at radius 1 is 1.18 bits per heavy atom. The summed E-state index contributed by atoms with van der Waals surface area (Å²) in [4.78, 5) is 27.4. The van der Waals surface area contributed by atoms with Gasteiger partial charge in [-0.25, -0.2) is 0 Å². The average Bonchev–Trinajstić information content (AvgIpc) is 2.81. The van der Waals surface area contributed by atoms with E-state index >= 15 is 0 Å². The van der Waals surface area contributed by atoms with Crippen molar-refractivity contribution < 1.29 is 23.4 Å². The van der Waals surface area contributed by atoms with Crippen molar-refractivity contribution in [1.29, 1.82) is 0 Å². The van der Waals surface area contributed by atoms with Gasteiger partial charge in [0.05, 0.1) is 42.3 Å². The van der Waals surface area contributed by atoms with Crippen molar-refractivity contribution in [2.75, 3.05) is 48.1 Å². The van der Waals surface area contributed by atoms with Crippen molar-refractivity contribution >= 4 is 44.4 Å². The lowest BCUT2D eigenvalue weighted by molar-refractivity contribution is -0.122. The zero-order chi connectivity index (χ0) is 24.8. The van der Waals surface area contributed by atoms with Gasteiger partial charge in [0.25, 0.3) is 0 Å². The van der Waals surface area contributed by atoms with Gasteiger partial charge in [-0.15, -0.1) is 0 Å². The van der Waals surface area contributed by atoms with Gasteiger partial charge in [0.1, 0.15) is 5.75 Å². The fourth-order valence-corrected chi connectivity index (χ4v) is 4.26. The molecule has 10 heteroatoms. The minimum Gasteiger partial charge on any atom is -0.495 e. The highest BCUT2D eigenvalue weighted by Gasteiger charge is 2.20. The van der Waals surface area contributed by atoms with Crippen LogP contribution in [0.2, 0.25) is 5.02 Å². The lowest BCUT2D eigenvalue weighted by Gasteiger charge is -2.16. The number of hydrogen-bond donors (Lipinski definition) is 1. The smallest absolute Gasteiger partial charge is 0.235 e. The number of carbonyl (C=O) groups is 1. The van der Waals surface area contributed by atoms with Crippen LogP contribution in [0.4, 0.5) is 0 Å². The summed E-state index contributed by atoms with van der Waals surface area (Å²) in [7, 11) is 6.39. The summed E-state index contributed by atoms with van der Waals surface area (Å²) >= 11 is 9.76. The van der Waals surface area contributed by atoms with Gasteiger partial charge in [0.15, 0.2) is 11.3 Å². The number of hydrogen-bond acceptors (Lipinski definition) is 7. The fraction of sp³-hybridized carbons (Fsp3) is 0.333. The predicted octanol–water partition coefficient (Wildman–Crippen LogP) is 4.09. The van der Waals surface area contributed by atoms with E-state index in [4.69, 9.17) is 30.2 Å². The summed E-state index contributed by atoms with van der Waals surface area (Å²) in [5, 5.41) is 3.58. The zero-order valence-corrected chi connectivity index (χ0v) is 21.7. The van der Waals surface area contributed by atoms with Crippen LogP contribution in [0.1, 0.15) is 5.56 Å². The normalized spacial score (nSPS) is 11.1. The van der Waals surface area contributed by atoms with Crippen LogP contribution >= 0.6 is 27.5 Å². The molecule has 1 amide bonds. The number of benzene rings is 2. The number of methoxy groups -OCH3 is 3. The Hall–Kier alpha value is -2.59. The number of nitrogens with one attached hydrogen (secondary N) is 1. The number of fused-ring (bicyclic) bond motifs is 1. The third-order valence-electron chi connectivity index (χ3n) is 5.16. The largest absolute Gasteiger partial charge is 0.495 e. The van der Waals surface area contributed by atoms with Crippen molar-refractivity contribution in [3.8, 4) is 22.8 Å². The van der Waals surface area contributed by atoms with Crippen molar-refractivity contribution in [3.63, 3.8) is 0 Å². The molecular weight excluding hydrogens is 528 g/mol. The Labute approximate surface area is 210 Å². The highest BCUT2D eigenvalue weighted by molar-refractivity contribution is 9.10. The number of halogens is 2. The number of nitrogens with zero attached hydrogens (tertiary/aromatic N) is 1. The molecule has 2 aromatic carbocycles. The maximum atomic E-state index is 13.3. The topological polar surface area (TPSA) is 90.2 Å². The molecule has 0 fully saturated rings. The third kappa shape index (κ3) is 5.90. The SMILES string of the molecule is COCCN(C)CC(=O)NCc1cc(Br)c2oc(-c3ccc(OC)c(Cl)c3)c(OC)c(=O)c2c1. The molecule has 0 atom stereocenters. The zero-order valence-electron chi connectivity index (χ0n) is 19.4. The van der Waals surface area contributed by atoms with Gasteiger partial charge in [-0.3, -0.25) is 14.5 Å². The molecule has 0 saturated heterocycles. The van der Waals surface area contributed by atoms with Crippen molar-refractivity contribution in [2.45, 2.75) is 6.54 Å². The van der Waals surface area contributed by atoms with Gasteiger partial charge < -0.3 is 23.9 Å². The molecule has 182 valence electrons. The maximum Gasteiger partial charge on any atom is 0.235 e. The number of carbonyl (C=O) groups excluding carboxylic acids is 1. The molecule has 1 aromatic heterocycles. The molecule has 0 aliphatic rings. The van der Waals surface area contributed by atoms with E-state index in [1.54, 1.807) is 37.4 Å². The quantitative estimate of drug-likeness (QED) is 0.404. The molecule has 34 heavy (non-hydrogen) atoms. The molecule has 1 N–H and O–H groups in total. The Morgan fingerprint density at radius 3 is 2.59 bits per heavy atom. The summed E-state index contributed by atoms with van der Waals surface area (Å²) in [6.45, 7) is 1.68. The maximum absolute atomic E-state index is 13.3.